The van der Waals surface area contributed by atoms with Gasteiger partial charge in [0.05, 0.1) is 29.9 Å². The summed E-state index contributed by atoms with van der Waals surface area (Å²) in [7, 11) is 0. The van der Waals surface area contributed by atoms with Crippen molar-refractivity contribution in [1.82, 2.24) is 0 Å². The molecular formula is C23H30O8. The van der Waals surface area contributed by atoms with Crippen molar-refractivity contribution in [2.45, 2.75) is 58.3 Å². The molecule has 8 heteroatoms. The molecule has 0 amide bonds. The maximum absolute atomic E-state index is 12.0. The number of hydrogen-bond acceptors (Lipinski definition) is 6. The van der Waals surface area contributed by atoms with Crippen LogP contribution in [0.1, 0.15) is 89.4 Å². The SMILES string of the molecule is C=C(C)C(=O)OCCCCCCCCCCOC(=O)c1ccc(C(=O)O)c(C(=O)O)c1. The van der Waals surface area contributed by atoms with E-state index in [1.54, 1.807) is 6.92 Å². The van der Waals surface area contributed by atoms with Gasteiger partial charge in [0.25, 0.3) is 0 Å². The monoisotopic (exact) mass is 434 g/mol. The highest BCUT2D eigenvalue weighted by molar-refractivity contribution is 6.03. The number of rotatable bonds is 15. The van der Waals surface area contributed by atoms with Crippen molar-refractivity contribution in [2.24, 2.45) is 0 Å². The van der Waals surface area contributed by atoms with E-state index in [1.807, 2.05) is 0 Å². The second-order valence-corrected chi connectivity index (χ2v) is 7.25. The zero-order chi connectivity index (χ0) is 23.2. The van der Waals surface area contributed by atoms with Crippen LogP contribution in [-0.4, -0.2) is 47.3 Å². The summed E-state index contributed by atoms with van der Waals surface area (Å²) >= 11 is 0. The second kappa shape index (κ2) is 14.0. The van der Waals surface area contributed by atoms with Gasteiger partial charge in [0.15, 0.2) is 0 Å². The summed E-state index contributed by atoms with van der Waals surface area (Å²) in [5.41, 5.74) is -0.407. The fourth-order valence-electron chi connectivity index (χ4n) is 2.84. The van der Waals surface area contributed by atoms with Crippen LogP contribution in [-0.2, 0) is 14.3 Å². The smallest absolute Gasteiger partial charge is 0.338 e. The van der Waals surface area contributed by atoms with Gasteiger partial charge >= 0.3 is 23.9 Å². The molecule has 0 unspecified atom stereocenters. The lowest BCUT2D eigenvalue weighted by molar-refractivity contribution is -0.139. The number of carbonyl (C=O) groups excluding carboxylic acids is 2. The van der Waals surface area contributed by atoms with E-state index in [0.29, 0.717) is 18.6 Å². The van der Waals surface area contributed by atoms with Crippen LogP contribution in [0, 0.1) is 0 Å². The Labute approximate surface area is 181 Å². The first-order valence-corrected chi connectivity index (χ1v) is 10.3. The summed E-state index contributed by atoms with van der Waals surface area (Å²) in [6, 6.07) is 3.36. The van der Waals surface area contributed by atoms with Crippen molar-refractivity contribution in [2.75, 3.05) is 13.2 Å². The number of carboxylic acids is 2. The maximum Gasteiger partial charge on any atom is 0.338 e. The van der Waals surface area contributed by atoms with Gasteiger partial charge in [-0.25, -0.2) is 19.2 Å². The van der Waals surface area contributed by atoms with Gasteiger partial charge in [-0.3, -0.25) is 0 Å². The fraction of sp³-hybridized carbons (Fsp3) is 0.478. The Morgan fingerprint density at radius 3 is 1.74 bits per heavy atom. The number of benzene rings is 1. The van der Waals surface area contributed by atoms with E-state index in [0.717, 1.165) is 57.1 Å². The third kappa shape index (κ3) is 9.93. The fourth-order valence-corrected chi connectivity index (χ4v) is 2.84. The molecule has 0 radical (unpaired) electrons. The molecule has 0 aliphatic carbocycles. The maximum atomic E-state index is 12.0. The van der Waals surface area contributed by atoms with Gasteiger partial charge in [-0.2, -0.15) is 0 Å². The number of esters is 2. The molecule has 0 saturated heterocycles. The molecule has 8 nitrogen and oxygen atoms in total. The highest BCUT2D eigenvalue weighted by Crippen LogP contribution is 2.14. The molecule has 0 atom stereocenters. The van der Waals surface area contributed by atoms with E-state index in [1.165, 1.54) is 6.07 Å². The van der Waals surface area contributed by atoms with E-state index in [-0.39, 0.29) is 23.7 Å². The molecule has 170 valence electrons. The molecule has 0 bridgehead atoms. The number of aromatic carboxylic acids is 2. The summed E-state index contributed by atoms with van der Waals surface area (Å²) in [6.45, 7) is 5.79. The highest BCUT2D eigenvalue weighted by atomic mass is 16.5. The van der Waals surface area contributed by atoms with Crippen LogP contribution in [0.25, 0.3) is 0 Å². The van der Waals surface area contributed by atoms with Crippen LogP contribution in [0.4, 0.5) is 0 Å². The van der Waals surface area contributed by atoms with Gasteiger partial charge in [-0.1, -0.05) is 45.1 Å². The summed E-state index contributed by atoms with van der Waals surface area (Å²) in [6.07, 6.45) is 7.67. The highest BCUT2D eigenvalue weighted by Gasteiger charge is 2.19. The molecule has 0 heterocycles. The van der Waals surface area contributed by atoms with Crippen molar-refractivity contribution in [3.05, 3.63) is 47.0 Å². The summed E-state index contributed by atoms with van der Waals surface area (Å²) in [4.78, 5) is 45.5. The second-order valence-electron chi connectivity index (χ2n) is 7.25. The zero-order valence-electron chi connectivity index (χ0n) is 17.9. The van der Waals surface area contributed by atoms with Gasteiger partial charge in [0.2, 0.25) is 0 Å². The molecule has 0 aliphatic heterocycles. The van der Waals surface area contributed by atoms with Crippen LogP contribution < -0.4 is 0 Å². The first-order chi connectivity index (χ1) is 14.7. The van der Waals surface area contributed by atoms with E-state index in [9.17, 15) is 19.2 Å². The molecule has 0 aromatic heterocycles. The van der Waals surface area contributed by atoms with Gasteiger partial charge in [0, 0.05) is 5.57 Å². The molecule has 1 aromatic rings. The molecule has 31 heavy (non-hydrogen) atoms. The van der Waals surface area contributed by atoms with Gasteiger partial charge in [-0.15, -0.1) is 0 Å². The quantitative estimate of drug-likeness (QED) is 0.235. The average molecular weight is 434 g/mol. The van der Waals surface area contributed by atoms with Crippen LogP contribution in [0.15, 0.2) is 30.4 Å². The molecular weight excluding hydrogens is 404 g/mol. The number of unbranched alkanes of at least 4 members (excludes halogenated alkanes) is 7. The van der Waals surface area contributed by atoms with Crippen molar-refractivity contribution in [1.29, 1.82) is 0 Å². The van der Waals surface area contributed by atoms with E-state index >= 15 is 0 Å². The Balaban J connectivity index is 2.14. The molecule has 0 spiro atoms. The minimum Gasteiger partial charge on any atom is -0.478 e. The lowest BCUT2D eigenvalue weighted by Crippen LogP contribution is -2.12. The first kappa shape index (κ1) is 25.9. The Morgan fingerprint density at radius 1 is 0.774 bits per heavy atom. The van der Waals surface area contributed by atoms with Crippen LogP contribution in [0.5, 0.6) is 0 Å². The lowest BCUT2D eigenvalue weighted by atomic mass is 10.0. The Hall–Kier alpha value is -3.16. The van der Waals surface area contributed by atoms with Crippen molar-refractivity contribution < 1.29 is 38.9 Å². The third-order valence-electron chi connectivity index (χ3n) is 4.57. The van der Waals surface area contributed by atoms with Gasteiger partial charge in [-0.05, 0) is 38.0 Å². The number of carboxylic acid groups (broad SMARTS) is 2. The summed E-state index contributed by atoms with van der Waals surface area (Å²) in [5.74, 6) is -3.81. The molecule has 1 rings (SSSR count). The summed E-state index contributed by atoms with van der Waals surface area (Å²) in [5, 5.41) is 18.1. The van der Waals surface area contributed by atoms with Crippen LogP contribution in [0.3, 0.4) is 0 Å². The van der Waals surface area contributed by atoms with Crippen molar-refractivity contribution in [3.63, 3.8) is 0 Å². The lowest BCUT2D eigenvalue weighted by Gasteiger charge is -2.07. The minimum atomic E-state index is -1.42. The van der Waals surface area contributed by atoms with E-state index in [2.05, 4.69) is 6.58 Å². The van der Waals surface area contributed by atoms with Gasteiger partial charge < -0.3 is 19.7 Å². The average Bonchev–Trinajstić information content (AvgIpc) is 2.73. The number of carbonyl (C=O) groups is 4. The van der Waals surface area contributed by atoms with E-state index < -0.39 is 23.5 Å². The molecule has 0 saturated carbocycles. The normalized spacial score (nSPS) is 10.4. The predicted molar refractivity (Wildman–Crippen MR) is 113 cm³/mol. The minimum absolute atomic E-state index is 0.0105. The molecule has 2 N–H and O–H groups in total. The van der Waals surface area contributed by atoms with Crippen molar-refractivity contribution >= 4 is 23.9 Å². The number of hydrogen-bond donors (Lipinski definition) is 2. The third-order valence-corrected chi connectivity index (χ3v) is 4.57. The Morgan fingerprint density at radius 2 is 1.26 bits per heavy atom. The van der Waals surface area contributed by atoms with Crippen LogP contribution in [0.2, 0.25) is 0 Å². The predicted octanol–water partition coefficient (Wildman–Crippen LogP) is 4.48. The van der Waals surface area contributed by atoms with Gasteiger partial charge in [0.1, 0.15) is 0 Å². The first-order valence-electron chi connectivity index (χ1n) is 10.3. The number of ether oxygens (including phenoxy) is 2. The van der Waals surface area contributed by atoms with Crippen LogP contribution >= 0.6 is 0 Å². The molecule has 1 aromatic carbocycles. The van der Waals surface area contributed by atoms with E-state index in [4.69, 9.17) is 19.7 Å². The Bertz CT molecular complexity index is 797. The van der Waals surface area contributed by atoms with Crippen molar-refractivity contribution in [3.8, 4) is 0 Å². The topological polar surface area (TPSA) is 127 Å². The molecule has 0 aliphatic rings. The molecule has 0 fully saturated rings. The standard InChI is InChI=1S/C23H30O8/c1-16(2)22(28)30-13-9-7-5-3-4-6-8-10-14-31-23(29)17-11-12-18(20(24)25)19(15-17)21(26)27/h11-12,15H,1,3-10,13-14H2,2H3,(H,24,25)(H,26,27). The Kier molecular flexibility index (Phi) is 11.6. The summed E-state index contributed by atoms with van der Waals surface area (Å²) < 4.78 is 10.2. The zero-order valence-corrected chi connectivity index (χ0v) is 17.9. The largest absolute Gasteiger partial charge is 0.478 e.